The highest BCUT2D eigenvalue weighted by Gasteiger charge is 2.38. The fraction of sp³-hybridized carbons (Fsp3) is 0.613. The summed E-state index contributed by atoms with van der Waals surface area (Å²) in [7, 11) is 0. The van der Waals surface area contributed by atoms with Crippen LogP contribution in [-0.2, 0) is 5.41 Å². The van der Waals surface area contributed by atoms with Gasteiger partial charge in [-0.2, -0.15) is 0 Å². The topological polar surface area (TPSA) is 26.0 Å². The lowest BCUT2D eigenvalue weighted by atomic mass is 9.66. The van der Waals surface area contributed by atoms with Gasteiger partial charge in [0.05, 0.1) is 0 Å². The zero-order chi connectivity index (χ0) is 22.9. The summed E-state index contributed by atoms with van der Waals surface area (Å²) >= 11 is 0. The van der Waals surface area contributed by atoms with Crippen molar-refractivity contribution in [2.24, 2.45) is 5.73 Å². The third kappa shape index (κ3) is 8.39. The van der Waals surface area contributed by atoms with E-state index in [1.807, 2.05) is 0 Å². The Balaban J connectivity index is 1.73. The number of rotatable bonds is 18. The van der Waals surface area contributed by atoms with Crippen molar-refractivity contribution in [3.05, 3.63) is 71.8 Å². The van der Waals surface area contributed by atoms with Gasteiger partial charge in [0.2, 0.25) is 0 Å². The molecule has 0 amide bonds. The van der Waals surface area contributed by atoms with Crippen LogP contribution in [0.1, 0.15) is 121 Å². The Morgan fingerprint density at radius 3 is 1.31 bits per heavy atom. The van der Waals surface area contributed by atoms with Crippen molar-refractivity contribution < 1.29 is 0 Å². The van der Waals surface area contributed by atoms with Gasteiger partial charge in [0, 0.05) is 11.5 Å². The number of hydrogen-bond acceptors (Lipinski definition) is 1. The zero-order valence-electron chi connectivity index (χ0n) is 21.0. The number of unbranched alkanes of at least 4 members (excludes halogenated alkanes) is 12. The van der Waals surface area contributed by atoms with E-state index in [0.717, 1.165) is 12.8 Å². The van der Waals surface area contributed by atoms with Crippen LogP contribution in [0.15, 0.2) is 60.7 Å². The molecular formula is C31H49N. The van der Waals surface area contributed by atoms with Crippen molar-refractivity contribution in [3.63, 3.8) is 0 Å². The van der Waals surface area contributed by atoms with Gasteiger partial charge in [0.15, 0.2) is 0 Å². The Bertz CT molecular complexity index is 639. The SMILES string of the molecule is CCCCCCCCCCCCCCCC(N)C(CC)(c1ccccc1)c1ccccc1. The van der Waals surface area contributed by atoms with Gasteiger partial charge in [0.25, 0.3) is 0 Å². The highest BCUT2D eigenvalue weighted by atomic mass is 14.7. The van der Waals surface area contributed by atoms with E-state index in [4.69, 9.17) is 5.73 Å². The molecule has 2 rings (SSSR count). The molecule has 1 heteroatoms. The molecule has 178 valence electrons. The number of nitrogens with two attached hydrogens (primary N) is 1. The maximum absolute atomic E-state index is 6.97. The van der Waals surface area contributed by atoms with Crippen LogP contribution < -0.4 is 5.73 Å². The molecule has 2 aromatic carbocycles. The van der Waals surface area contributed by atoms with Crippen molar-refractivity contribution >= 4 is 0 Å². The molecule has 1 nitrogen and oxygen atoms in total. The van der Waals surface area contributed by atoms with Crippen molar-refractivity contribution in [2.45, 2.75) is 122 Å². The standard InChI is InChI=1S/C31H49N/c1-3-5-6-7-8-9-10-11-12-13-14-15-22-27-30(32)31(4-2,28-23-18-16-19-24-28)29-25-20-17-21-26-29/h16-21,23-26,30H,3-15,22,27,32H2,1-2H3. The summed E-state index contributed by atoms with van der Waals surface area (Å²) in [5, 5.41) is 0. The summed E-state index contributed by atoms with van der Waals surface area (Å²) in [5.74, 6) is 0. The molecule has 2 aromatic rings. The maximum atomic E-state index is 6.97. The van der Waals surface area contributed by atoms with E-state index < -0.39 is 0 Å². The largest absolute Gasteiger partial charge is 0.327 e. The van der Waals surface area contributed by atoms with Gasteiger partial charge in [-0.25, -0.2) is 0 Å². The van der Waals surface area contributed by atoms with E-state index in [1.165, 1.54) is 94.6 Å². The molecule has 0 aromatic heterocycles. The quantitative estimate of drug-likeness (QED) is 0.232. The first kappa shape index (κ1) is 26.7. The van der Waals surface area contributed by atoms with E-state index in [2.05, 4.69) is 74.5 Å². The molecule has 32 heavy (non-hydrogen) atoms. The minimum atomic E-state index is -0.0976. The Morgan fingerprint density at radius 1 is 0.562 bits per heavy atom. The Kier molecular flexibility index (Phi) is 13.4. The fourth-order valence-corrected chi connectivity index (χ4v) is 5.36. The zero-order valence-corrected chi connectivity index (χ0v) is 21.0. The van der Waals surface area contributed by atoms with Crippen LogP contribution in [0.5, 0.6) is 0 Å². The molecule has 0 aliphatic rings. The predicted molar refractivity (Wildman–Crippen MR) is 142 cm³/mol. The Morgan fingerprint density at radius 2 is 0.938 bits per heavy atom. The highest BCUT2D eigenvalue weighted by Crippen LogP contribution is 2.39. The summed E-state index contributed by atoms with van der Waals surface area (Å²) in [4.78, 5) is 0. The molecule has 2 N–H and O–H groups in total. The summed E-state index contributed by atoms with van der Waals surface area (Å²) in [6.45, 7) is 4.59. The molecular weight excluding hydrogens is 386 g/mol. The van der Waals surface area contributed by atoms with Crippen molar-refractivity contribution in [3.8, 4) is 0 Å². The van der Waals surface area contributed by atoms with Gasteiger partial charge in [-0.3, -0.25) is 0 Å². The predicted octanol–water partition coefficient (Wildman–Crippen LogP) is 9.19. The third-order valence-corrected chi connectivity index (χ3v) is 7.39. The fourth-order valence-electron chi connectivity index (χ4n) is 5.36. The smallest absolute Gasteiger partial charge is 0.0351 e. The summed E-state index contributed by atoms with van der Waals surface area (Å²) in [6, 6.07) is 22.0. The molecule has 1 unspecified atom stereocenters. The van der Waals surface area contributed by atoms with Crippen molar-refractivity contribution in [2.75, 3.05) is 0 Å². The first-order valence-electron chi connectivity index (χ1n) is 13.6. The van der Waals surface area contributed by atoms with Gasteiger partial charge in [0.1, 0.15) is 0 Å². The molecule has 1 atom stereocenters. The molecule has 0 radical (unpaired) electrons. The average Bonchev–Trinajstić information content (AvgIpc) is 2.84. The van der Waals surface area contributed by atoms with E-state index in [9.17, 15) is 0 Å². The first-order chi connectivity index (χ1) is 15.8. The average molecular weight is 436 g/mol. The lowest BCUT2D eigenvalue weighted by Gasteiger charge is -2.40. The number of benzene rings is 2. The van der Waals surface area contributed by atoms with Gasteiger partial charge in [-0.1, -0.05) is 158 Å². The van der Waals surface area contributed by atoms with Gasteiger partial charge in [-0.15, -0.1) is 0 Å². The van der Waals surface area contributed by atoms with Crippen LogP contribution in [-0.4, -0.2) is 6.04 Å². The summed E-state index contributed by atoms with van der Waals surface area (Å²) < 4.78 is 0. The van der Waals surface area contributed by atoms with Crippen LogP contribution in [0.2, 0.25) is 0 Å². The van der Waals surface area contributed by atoms with Crippen LogP contribution in [0.3, 0.4) is 0 Å². The van der Waals surface area contributed by atoms with Crippen molar-refractivity contribution in [1.29, 1.82) is 0 Å². The third-order valence-electron chi connectivity index (χ3n) is 7.39. The molecule has 0 bridgehead atoms. The minimum absolute atomic E-state index is 0.0976. The van der Waals surface area contributed by atoms with E-state index in [1.54, 1.807) is 0 Å². The number of hydrogen-bond donors (Lipinski definition) is 1. The summed E-state index contributed by atoms with van der Waals surface area (Å²) in [6.07, 6.45) is 20.2. The second-order valence-electron chi connectivity index (χ2n) is 9.69. The van der Waals surface area contributed by atoms with Crippen molar-refractivity contribution in [1.82, 2.24) is 0 Å². The normalized spacial score (nSPS) is 12.7. The Hall–Kier alpha value is -1.60. The molecule has 0 saturated carbocycles. The molecule has 0 saturated heterocycles. The van der Waals surface area contributed by atoms with Crippen LogP contribution >= 0.6 is 0 Å². The molecule has 0 aliphatic carbocycles. The van der Waals surface area contributed by atoms with Crippen LogP contribution in [0.25, 0.3) is 0 Å². The molecule has 0 spiro atoms. The minimum Gasteiger partial charge on any atom is -0.327 e. The summed E-state index contributed by atoms with van der Waals surface area (Å²) in [5.41, 5.74) is 9.58. The van der Waals surface area contributed by atoms with E-state index in [-0.39, 0.29) is 11.5 Å². The lowest BCUT2D eigenvalue weighted by molar-refractivity contribution is 0.363. The monoisotopic (exact) mass is 435 g/mol. The van der Waals surface area contributed by atoms with E-state index in [0.29, 0.717) is 0 Å². The molecule has 0 aliphatic heterocycles. The molecule has 0 fully saturated rings. The Labute approximate surface area is 199 Å². The second kappa shape index (κ2) is 16.1. The van der Waals surface area contributed by atoms with E-state index >= 15 is 0 Å². The van der Waals surface area contributed by atoms with Gasteiger partial charge < -0.3 is 5.73 Å². The van der Waals surface area contributed by atoms with Gasteiger partial charge >= 0.3 is 0 Å². The first-order valence-corrected chi connectivity index (χ1v) is 13.6. The van der Waals surface area contributed by atoms with Crippen LogP contribution in [0, 0.1) is 0 Å². The maximum Gasteiger partial charge on any atom is 0.0351 e. The lowest BCUT2D eigenvalue weighted by Crippen LogP contribution is -2.46. The van der Waals surface area contributed by atoms with Gasteiger partial charge in [-0.05, 0) is 24.0 Å². The second-order valence-corrected chi connectivity index (χ2v) is 9.69. The van der Waals surface area contributed by atoms with Crippen LogP contribution in [0.4, 0.5) is 0 Å². The molecule has 0 heterocycles. The highest BCUT2D eigenvalue weighted by molar-refractivity contribution is 5.41.